The molecule has 0 spiro atoms. The Kier molecular flexibility index (Phi) is 6.33. The van der Waals surface area contributed by atoms with Gasteiger partial charge in [0.25, 0.3) is 0 Å². The van der Waals surface area contributed by atoms with Crippen molar-refractivity contribution in [2.75, 3.05) is 12.0 Å². The number of halogens is 1. The summed E-state index contributed by atoms with van der Waals surface area (Å²) >= 11 is 0. The third-order valence-corrected chi connectivity index (χ3v) is 5.99. The van der Waals surface area contributed by atoms with Crippen molar-refractivity contribution < 1.29 is 19.0 Å². The summed E-state index contributed by atoms with van der Waals surface area (Å²) in [4.78, 5) is 14.7. The van der Waals surface area contributed by atoms with Crippen LogP contribution < -0.4 is 9.64 Å². The number of anilines is 1. The van der Waals surface area contributed by atoms with Crippen molar-refractivity contribution in [2.24, 2.45) is 5.92 Å². The average Bonchev–Trinajstić information content (AvgIpc) is 3.16. The summed E-state index contributed by atoms with van der Waals surface area (Å²) in [6.45, 7) is 0. The fourth-order valence-electron chi connectivity index (χ4n) is 4.38. The molecule has 3 atom stereocenters. The van der Waals surface area contributed by atoms with E-state index in [1.54, 1.807) is 24.1 Å². The second-order valence-corrected chi connectivity index (χ2v) is 7.92. The Balaban J connectivity index is 1.63. The van der Waals surface area contributed by atoms with Crippen LogP contribution in [0.3, 0.4) is 0 Å². The molecule has 5 heteroatoms. The first-order valence-electron chi connectivity index (χ1n) is 10.5. The maximum absolute atomic E-state index is 13.5. The van der Waals surface area contributed by atoms with Gasteiger partial charge in [0.2, 0.25) is 5.91 Å². The Bertz CT molecular complexity index is 1010. The normalized spacial score (nSPS) is 19.5. The minimum atomic E-state index is -0.651. The van der Waals surface area contributed by atoms with Crippen molar-refractivity contribution >= 4 is 11.6 Å². The Morgan fingerprint density at radius 1 is 1.03 bits per heavy atom. The van der Waals surface area contributed by atoms with E-state index in [0.29, 0.717) is 12.1 Å². The maximum Gasteiger partial charge on any atom is 0.228 e. The highest BCUT2D eigenvalue weighted by Crippen LogP contribution is 2.44. The second-order valence-electron chi connectivity index (χ2n) is 7.92. The zero-order valence-electron chi connectivity index (χ0n) is 17.4. The van der Waals surface area contributed by atoms with E-state index in [4.69, 9.17) is 4.74 Å². The molecule has 1 amide bonds. The van der Waals surface area contributed by atoms with Gasteiger partial charge in [0.1, 0.15) is 11.6 Å². The number of benzene rings is 3. The Morgan fingerprint density at radius 2 is 1.71 bits per heavy atom. The molecule has 4 rings (SSSR count). The molecular formula is C26H26FNO3. The lowest BCUT2D eigenvalue weighted by Crippen LogP contribution is -2.32. The summed E-state index contributed by atoms with van der Waals surface area (Å²) in [5.74, 6) is 0.0317. The Morgan fingerprint density at radius 3 is 2.35 bits per heavy atom. The molecule has 160 valence electrons. The molecule has 3 aromatic rings. The number of aryl methyl sites for hydroxylation is 1. The van der Waals surface area contributed by atoms with E-state index in [1.807, 2.05) is 54.6 Å². The first-order chi connectivity index (χ1) is 15.1. The molecule has 1 fully saturated rings. The molecule has 1 heterocycles. The quantitative estimate of drug-likeness (QED) is 0.591. The molecule has 0 aliphatic carbocycles. The smallest absolute Gasteiger partial charge is 0.228 e. The molecule has 1 unspecified atom stereocenters. The van der Waals surface area contributed by atoms with E-state index in [1.165, 1.54) is 12.1 Å². The molecule has 1 N–H and O–H groups in total. The third kappa shape index (κ3) is 4.62. The number of methoxy groups -OCH3 is 1. The van der Waals surface area contributed by atoms with Gasteiger partial charge < -0.3 is 14.7 Å². The van der Waals surface area contributed by atoms with Crippen LogP contribution in [0.1, 0.15) is 30.0 Å². The lowest BCUT2D eigenvalue weighted by Gasteiger charge is -2.31. The number of nitrogens with zero attached hydrogens (tertiary/aromatic N) is 1. The van der Waals surface area contributed by atoms with Gasteiger partial charge in [-0.2, -0.15) is 0 Å². The number of aliphatic hydroxyl groups excluding tert-OH is 1. The summed E-state index contributed by atoms with van der Waals surface area (Å²) < 4.78 is 18.8. The number of ether oxygens (including phenoxy) is 1. The van der Waals surface area contributed by atoms with Crippen molar-refractivity contribution in [1.29, 1.82) is 0 Å². The first kappa shape index (κ1) is 21.1. The molecule has 3 aromatic carbocycles. The van der Waals surface area contributed by atoms with Crippen LogP contribution in [0.4, 0.5) is 10.1 Å². The second kappa shape index (κ2) is 9.31. The van der Waals surface area contributed by atoms with Crippen LogP contribution in [0, 0.1) is 11.7 Å². The van der Waals surface area contributed by atoms with Crippen molar-refractivity contribution in [2.45, 2.75) is 31.4 Å². The molecule has 0 bridgehead atoms. The minimum Gasteiger partial charge on any atom is -0.497 e. The lowest BCUT2D eigenvalue weighted by atomic mass is 9.86. The number of rotatable bonds is 7. The van der Waals surface area contributed by atoms with Crippen LogP contribution in [0.25, 0.3) is 0 Å². The molecule has 1 saturated heterocycles. The van der Waals surface area contributed by atoms with E-state index in [2.05, 4.69) is 0 Å². The van der Waals surface area contributed by atoms with Crippen LogP contribution in [0.15, 0.2) is 78.9 Å². The highest BCUT2D eigenvalue weighted by Gasteiger charge is 2.44. The zero-order chi connectivity index (χ0) is 21.8. The standard InChI is InChI=1S/C26H26FNO3/c1-31-22-14-8-19(9-15-22)26-23(24(29)16-7-18-5-3-2-4-6-18)17-25(30)28(26)21-12-10-20(27)11-13-21/h2-6,8-15,23-24,26,29H,7,16-17H2,1H3/t23-,24?,26-/m1/s1. The summed E-state index contributed by atoms with van der Waals surface area (Å²) in [6, 6.07) is 23.2. The molecule has 1 aliphatic rings. The van der Waals surface area contributed by atoms with Gasteiger partial charge in [-0.05, 0) is 60.4 Å². The number of amides is 1. The molecular weight excluding hydrogens is 393 g/mol. The largest absolute Gasteiger partial charge is 0.497 e. The number of carbonyl (C=O) groups is 1. The predicted molar refractivity (Wildman–Crippen MR) is 118 cm³/mol. The van der Waals surface area contributed by atoms with Crippen LogP contribution in [-0.2, 0) is 11.2 Å². The van der Waals surface area contributed by atoms with Crippen LogP contribution in [0.2, 0.25) is 0 Å². The van der Waals surface area contributed by atoms with Gasteiger partial charge in [0.05, 0.1) is 19.3 Å². The predicted octanol–water partition coefficient (Wildman–Crippen LogP) is 4.92. The van der Waals surface area contributed by atoms with E-state index < -0.39 is 6.10 Å². The van der Waals surface area contributed by atoms with Gasteiger partial charge >= 0.3 is 0 Å². The summed E-state index contributed by atoms with van der Waals surface area (Å²) in [5, 5.41) is 11.1. The van der Waals surface area contributed by atoms with Crippen LogP contribution in [0.5, 0.6) is 5.75 Å². The minimum absolute atomic E-state index is 0.0730. The van der Waals surface area contributed by atoms with Gasteiger partial charge in [0, 0.05) is 18.0 Å². The average molecular weight is 419 g/mol. The number of aliphatic hydroxyl groups is 1. The van der Waals surface area contributed by atoms with Gasteiger partial charge in [-0.1, -0.05) is 42.5 Å². The number of carbonyl (C=O) groups excluding carboxylic acids is 1. The molecule has 0 saturated carbocycles. The van der Waals surface area contributed by atoms with Crippen molar-refractivity contribution in [1.82, 2.24) is 0 Å². The topological polar surface area (TPSA) is 49.8 Å². The third-order valence-electron chi connectivity index (χ3n) is 5.99. The fraction of sp³-hybridized carbons (Fsp3) is 0.269. The number of hydrogen-bond donors (Lipinski definition) is 1. The van der Waals surface area contributed by atoms with E-state index in [-0.39, 0.29) is 30.1 Å². The van der Waals surface area contributed by atoms with E-state index in [9.17, 15) is 14.3 Å². The van der Waals surface area contributed by atoms with E-state index >= 15 is 0 Å². The Hall–Kier alpha value is -3.18. The molecule has 0 radical (unpaired) electrons. The highest BCUT2D eigenvalue weighted by atomic mass is 19.1. The van der Waals surface area contributed by atoms with Crippen molar-refractivity contribution in [3.8, 4) is 5.75 Å². The molecule has 4 nitrogen and oxygen atoms in total. The van der Waals surface area contributed by atoms with Gasteiger partial charge in [0.15, 0.2) is 0 Å². The molecule has 1 aliphatic heterocycles. The van der Waals surface area contributed by atoms with Crippen LogP contribution in [-0.4, -0.2) is 24.2 Å². The van der Waals surface area contributed by atoms with E-state index in [0.717, 1.165) is 23.3 Å². The molecule has 31 heavy (non-hydrogen) atoms. The monoisotopic (exact) mass is 419 g/mol. The van der Waals surface area contributed by atoms with Gasteiger partial charge in [-0.25, -0.2) is 4.39 Å². The highest BCUT2D eigenvalue weighted by molar-refractivity contribution is 5.97. The molecule has 0 aromatic heterocycles. The Labute approximate surface area is 181 Å². The first-order valence-corrected chi connectivity index (χ1v) is 10.5. The summed E-state index contributed by atoms with van der Waals surface area (Å²) in [6.07, 6.45) is 0.885. The zero-order valence-corrected chi connectivity index (χ0v) is 17.4. The van der Waals surface area contributed by atoms with Crippen molar-refractivity contribution in [3.63, 3.8) is 0 Å². The lowest BCUT2D eigenvalue weighted by molar-refractivity contribution is -0.117. The fourth-order valence-corrected chi connectivity index (χ4v) is 4.38. The maximum atomic E-state index is 13.5. The van der Waals surface area contributed by atoms with Crippen molar-refractivity contribution in [3.05, 3.63) is 95.8 Å². The SMILES string of the molecule is COc1ccc([C@@H]2[C@@H](C(O)CCc3ccccc3)CC(=O)N2c2ccc(F)cc2)cc1. The number of hydrogen-bond acceptors (Lipinski definition) is 3. The summed E-state index contributed by atoms with van der Waals surface area (Å²) in [5.41, 5.74) is 2.70. The van der Waals surface area contributed by atoms with Gasteiger partial charge in [-0.15, -0.1) is 0 Å². The van der Waals surface area contributed by atoms with Crippen LogP contribution >= 0.6 is 0 Å². The summed E-state index contributed by atoms with van der Waals surface area (Å²) in [7, 11) is 1.61. The van der Waals surface area contributed by atoms with Gasteiger partial charge in [-0.3, -0.25) is 4.79 Å².